The summed E-state index contributed by atoms with van der Waals surface area (Å²) in [5.74, 6) is -2.00. The van der Waals surface area contributed by atoms with Crippen LogP contribution < -0.4 is 28.1 Å². The summed E-state index contributed by atoms with van der Waals surface area (Å²) in [7, 11) is 0. The third kappa shape index (κ3) is 4.93. The Labute approximate surface area is 236 Å². The third-order valence-corrected chi connectivity index (χ3v) is 7.77. The van der Waals surface area contributed by atoms with Crippen LogP contribution in [-0.2, 0) is 42.6 Å². The number of nitrogens with zero attached hydrogens (tertiary/aromatic N) is 2. The Hall–Kier alpha value is -4.29. The lowest BCUT2D eigenvalue weighted by Crippen LogP contribution is -2.51. The maximum atomic E-state index is 13.8. The number of benzene rings is 1. The highest BCUT2D eigenvalue weighted by molar-refractivity contribution is 5.93. The van der Waals surface area contributed by atoms with Crippen LogP contribution in [0.5, 0.6) is 0 Å². The molecule has 12 nitrogen and oxygen atoms in total. The van der Waals surface area contributed by atoms with Crippen LogP contribution in [0.25, 0.3) is 22.3 Å². The summed E-state index contributed by atoms with van der Waals surface area (Å²) in [6.07, 6.45) is 1.48. The molecule has 1 unspecified atom stereocenters. The minimum atomic E-state index is -1.88. The van der Waals surface area contributed by atoms with Crippen molar-refractivity contribution in [1.29, 1.82) is 0 Å². The molecule has 0 fully saturated rings. The summed E-state index contributed by atoms with van der Waals surface area (Å²) in [6.45, 7) is 2.23. The molecule has 216 valence electrons. The smallest absolute Gasteiger partial charge is 0.355 e. The summed E-state index contributed by atoms with van der Waals surface area (Å²) >= 11 is 0. The summed E-state index contributed by atoms with van der Waals surface area (Å²) < 4.78 is 13.0. The largest absolute Gasteiger partial charge is 0.457 e. The Morgan fingerprint density at radius 2 is 2.00 bits per heavy atom. The molecule has 4 heterocycles. The highest BCUT2D eigenvalue weighted by atomic mass is 16.6. The fourth-order valence-electron chi connectivity index (χ4n) is 5.56. The molecule has 0 aliphatic carbocycles. The van der Waals surface area contributed by atoms with Gasteiger partial charge in [0.2, 0.25) is 11.5 Å². The van der Waals surface area contributed by atoms with Gasteiger partial charge in [-0.3, -0.25) is 9.59 Å². The quantitative estimate of drug-likeness (QED) is 0.124. The number of hydrogen-bond donors (Lipinski definition) is 4. The Morgan fingerprint density at radius 1 is 1.20 bits per heavy atom. The number of cyclic esters (lactones) is 1. The van der Waals surface area contributed by atoms with E-state index in [1.54, 1.807) is 29.7 Å². The van der Waals surface area contributed by atoms with Gasteiger partial charge < -0.3 is 36.6 Å². The van der Waals surface area contributed by atoms with Crippen LogP contribution in [0.15, 0.2) is 35.1 Å². The van der Waals surface area contributed by atoms with E-state index in [-0.39, 0.29) is 55.6 Å². The predicted molar refractivity (Wildman–Crippen MR) is 151 cm³/mol. The van der Waals surface area contributed by atoms with E-state index < -0.39 is 29.5 Å². The van der Waals surface area contributed by atoms with Crippen molar-refractivity contribution in [2.24, 2.45) is 11.5 Å². The number of anilines is 1. The second kappa shape index (κ2) is 11.3. The molecule has 12 heteroatoms. The number of hydrogen-bond acceptors (Lipinski definition) is 10. The summed E-state index contributed by atoms with van der Waals surface area (Å²) in [4.78, 5) is 57.8. The van der Waals surface area contributed by atoms with Crippen LogP contribution >= 0.6 is 0 Å². The van der Waals surface area contributed by atoms with Gasteiger partial charge in [0.25, 0.3) is 5.56 Å². The molecule has 2 aromatic heterocycles. The van der Waals surface area contributed by atoms with E-state index in [2.05, 4.69) is 5.32 Å². The zero-order valence-electron chi connectivity index (χ0n) is 22.9. The SMILES string of the molecule is CC[C@]1(OC(=O)C(CCCCN)NC(=O)CCN)C(=O)OCc2c1cc1n(c2=O)Cc2cc3c(N)cccc3nc2-1. The van der Waals surface area contributed by atoms with Crippen molar-refractivity contribution in [3.63, 3.8) is 0 Å². The maximum absolute atomic E-state index is 13.8. The zero-order chi connectivity index (χ0) is 29.3. The second-order valence-electron chi connectivity index (χ2n) is 10.3. The average Bonchev–Trinajstić information content (AvgIpc) is 3.31. The first-order chi connectivity index (χ1) is 19.7. The first-order valence-electron chi connectivity index (χ1n) is 13.8. The van der Waals surface area contributed by atoms with Gasteiger partial charge in [0, 0.05) is 35.2 Å². The van der Waals surface area contributed by atoms with Crippen molar-refractivity contribution in [3.05, 3.63) is 57.4 Å². The Morgan fingerprint density at radius 3 is 2.73 bits per heavy atom. The molecular formula is C29H34N6O6. The van der Waals surface area contributed by atoms with Crippen LogP contribution in [0.3, 0.4) is 0 Å². The molecule has 0 spiro atoms. The fraction of sp³-hybridized carbons (Fsp3) is 0.414. The number of nitrogens with one attached hydrogen (secondary N) is 1. The van der Waals surface area contributed by atoms with Gasteiger partial charge in [0.15, 0.2) is 0 Å². The molecule has 3 aromatic rings. The monoisotopic (exact) mass is 562 g/mol. The van der Waals surface area contributed by atoms with Crippen molar-refractivity contribution in [2.75, 3.05) is 18.8 Å². The lowest BCUT2D eigenvalue weighted by molar-refractivity contribution is -0.191. The number of amides is 1. The topological polar surface area (TPSA) is 195 Å². The van der Waals surface area contributed by atoms with Gasteiger partial charge in [-0.1, -0.05) is 13.0 Å². The van der Waals surface area contributed by atoms with Crippen molar-refractivity contribution in [1.82, 2.24) is 14.9 Å². The average molecular weight is 563 g/mol. The van der Waals surface area contributed by atoms with E-state index in [0.717, 1.165) is 10.9 Å². The highest BCUT2D eigenvalue weighted by Gasteiger charge is 2.51. The van der Waals surface area contributed by atoms with Gasteiger partial charge in [-0.25, -0.2) is 14.6 Å². The number of carbonyl (C=O) groups excluding carboxylic acids is 3. The van der Waals surface area contributed by atoms with E-state index in [4.69, 9.17) is 31.7 Å². The molecule has 7 N–H and O–H groups in total. The van der Waals surface area contributed by atoms with Gasteiger partial charge in [-0.15, -0.1) is 0 Å². The van der Waals surface area contributed by atoms with E-state index in [1.807, 2.05) is 12.1 Å². The van der Waals surface area contributed by atoms with Crippen molar-refractivity contribution < 1.29 is 23.9 Å². The molecule has 2 aliphatic rings. The zero-order valence-corrected chi connectivity index (χ0v) is 22.9. The van der Waals surface area contributed by atoms with Crippen LogP contribution in [0, 0.1) is 0 Å². The second-order valence-corrected chi connectivity index (χ2v) is 10.3. The molecule has 2 atom stereocenters. The van der Waals surface area contributed by atoms with Crippen LogP contribution in [-0.4, -0.2) is 46.5 Å². The summed E-state index contributed by atoms with van der Waals surface area (Å²) in [5, 5.41) is 3.44. The molecule has 0 saturated carbocycles. The molecule has 1 aromatic carbocycles. The number of unbranched alkanes of at least 4 members (excludes halogenated alkanes) is 1. The van der Waals surface area contributed by atoms with E-state index in [1.165, 1.54) is 0 Å². The van der Waals surface area contributed by atoms with Gasteiger partial charge in [-0.05, 0) is 56.5 Å². The molecule has 41 heavy (non-hydrogen) atoms. The predicted octanol–water partition coefficient (Wildman–Crippen LogP) is 1.18. The van der Waals surface area contributed by atoms with Gasteiger partial charge >= 0.3 is 11.9 Å². The lowest BCUT2D eigenvalue weighted by Gasteiger charge is -2.36. The standard InChI is InChI=1S/C29H34N6O6/c1-2-29(41-27(38)22(7-3-4-10-30)33-24(36)9-11-31)19-13-23-25-16(12-17-20(32)6-5-8-21(17)34-25)14-35(23)26(37)18(19)15-40-28(29)39/h5-6,8,12-13,22H,2-4,7,9-11,14-15,30-32H2,1H3,(H,33,36)/t22?,29-/m1/s1. The molecule has 0 saturated heterocycles. The Kier molecular flexibility index (Phi) is 7.78. The number of carbonyl (C=O) groups is 3. The molecule has 1 amide bonds. The number of esters is 2. The van der Waals surface area contributed by atoms with Crippen molar-refractivity contribution in [2.45, 2.75) is 63.8 Å². The first kappa shape index (κ1) is 28.2. The van der Waals surface area contributed by atoms with Crippen LogP contribution in [0.4, 0.5) is 5.69 Å². The van der Waals surface area contributed by atoms with Crippen molar-refractivity contribution in [3.8, 4) is 11.4 Å². The van der Waals surface area contributed by atoms with Gasteiger partial charge in [-0.2, -0.15) is 0 Å². The van der Waals surface area contributed by atoms with Crippen LogP contribution in [0.2, 0.25) is 0 Å². The lowest BCUT2D eigenvalue weighted by atomic mass is 9.85. The first-order valence-corrected chi connectivity index (χ1v) is 13.8. The number of ether oxygens (including phenoxy) is 2. The molecule has 2 aliphatic heterocycles. The molecular weight excluding hydrogens is 528 g/mol. The third-order valence-electron chi connectivity index (χ3n) is 7.77. The molecule has 0 bridgehead atoms. The van der Waals surface area contributed by atoms with Crippen molar-refractivity contribution >= 4 is 34.4 Å². The number of aromatic nitrogens is 2. The maximum Gasteiger partial charge on any atom is 0.355 e. The van der Waals surface area contributed by atoms with E-state index >= 15 is 0 Å². The molecule has 0 radical (unpaired) electrons. The van der Waals surface area contributed by atoms with E-state index in [0.29, 0.717) is 42.0 Å². The molecule has 5 rings (SSSR count). The van der Waals surface area contributed by atoms with Gasteiger partial charge in [0.1, 0.15) is 12.6 Å². The Balaban J connectivity index is 1.57. The number of rotatable bonds is 10. The highest BCUT2D eigenvalue weighted by Crippen LogP contribution is 2.41. The summed E-state index contributed by atoms with van der Waals surface area (Å²) in [5.41, 5.74) is 18.7. The minimum Gasteiger partial charge on any atom is -0.457 e. The number of nitrogens with two attached hydrogens (primary N) is 3. The fourth-order valence-corrected chi connectivity index (χ4v) is 5.56. The van der Waals surface area contributed by atoms with E-state index in [9.17, 15) is 19.2 Å². The van der Waals surface area contributed by atoms with Crippen LogP contribution in [0.1, 0.15) is 55.7 Å². The number of fused-ring (bicyclic) bond motifs is 5. The van der Waals surface area contributed by atoms with Gasteiger partial charge in [0.05, 0.1) is 29.0 Å². The number of pyridine rings is 2. The normalized spacial score (nSPS) is 17.8. The minimum absolute atomic E-state index is 0.00821. The Bertz CT molecular complexity index is 1600. The summed E-state index contributed by atoms with van der Waals surface area (Å²) in [6, 6.07) is 8.02. The number of nitrogen functional groups attached to an aromatic ring is 1.